The van der Waals surface area contributed by atoms with E-state index in [2.05, 4.69) is 6.92 Å². The molecule has 0 aromatic heterocycles. The molecular formula is C8H16O2. The summed E-state index contributed by atoms with van der Waals surface area (Å²) in [6, 6.07) is 0. The maximum Gasteiger partial charge on any atom is 0.0656 e. The molecule has 1 N–H and O–H groups in total. The third-order valence-electron chi connectivity index (χ3n) is 2.16. The lowest BCUT2D eigenvalue weighted by molar-refractivity contribution is 0.00849. The third-order valence-corrected chi connectivity index (χ3v) is 2.16. The first kappa shape index (κ1) is 8.02. The molecule has 1 aliphatic heterocycles. The summed E-state index contributed by atoms with van der Waals surface area (Å²) in [5.74, 6) is 0. The van der Waals surface area contributed by atoms with Crippen molar-refractivity contribution in [2.75, 3.05) is 13.2 Å². The second-order valence-electron chi connectivity index (χ2n) is 3.23. The van der Waals surface area contributed by atoms with E-state index in [1.165, 1.54) is 6.42 Å². The Labute approximate surface area is 62.2 Å². The monoisotopic (exact) mass is 144 g/mol. The maximum atomic E-state index is 8.59. The molecule has 0 aliphatic carbocycles. The van der Waals surface area contributed by atoms with Crippen molar-refractivity contribution in [1.82, 2.24) is 0 Å². The highest BCUT2D eigenvalue weighted by atomic mass is 16.5. The molecule has 60 valence electrons. The molecular weight excluding hydrogens is 128 g/mol. The molecule has 1 rings (SSSR count). The highest BCUT2D eigenvalue weighted by Crippen LogP contribution is 2.29. The number of aliphatic hydroxyl groups is 1. The van der Waals surface area contributed by atoms with Gasteiger partial charge in [0.2, 0.25) is 0 Å². The van der Waals surface area contributed by atoms with Crippen LogP contribution in [0.5, 0.6) is 0 Å². The predicted molar refractivity (Wildman–Crippen MR) is 39.9 cm³/mol. The molecule has 0 unspecified atom stereocenters. The average molecular weight is 144 g/mol. The standard InChI is InChI=1S/C8H16O2/c1-8(4-2-6-9)5-3-7-10-8/h9H,2-7H2,1H3/t8-/m1/s1. The summed E-state index contributed by atoms with van der Waals surface area (Å²) < 4.78 is 5.53. The minimum atomic E-state index is 0.0860. The summed E-state index contributed by atoms with van der Waals surface area (Å²) in [4.78, 5) is 0. The molecule has 0 saturated carbocycles. The fraction of sp³-hybridized carbons (Fsp3) is 1.00. The predicted octanol–water partition coefficient (Wildman–Crippen LogP) is 1.33. The van der Waals surface area contributed by atoms with Crippen molar-refractivity contribution in [3.8, 4) is 0 Å². The molecule has 0 aromatic rings. The number of rotatable bonds is 3. The molecule has 0 spiro atoms. The van der Waals surface area contributed by atoms with Crippen LogP contribution in [-0.4, -0.2) is 23.9 Å². The lowest BCUT2D eigenvalue weighted by Crippen LogP contribution is -2.22. The van der Waals surface area contributed by atoms with Gasteiger partial charge in [0.15, 0.2) is 0 Å². The zero-order valence-electron chi connectivity index (χ0n) is 6.60. The second kappa shape index (κ2) is 3.35. The van der Waals surface area contributed by atoms with Gasteiger partial charge in [0, 0.05) is 13.2 Å². The summed E-state index contributed by atoms with van der Waals surface area (Å²) in [6.07, 6.45) is 4.22. The van der Waals surface area contributed by atoms with Crippen molar-refractivity contribution in [2.45, 2.75) is 38.2 Å². The van der Waals surface area contributed by atoms with Gasteiger partial charge < -0.3 is 9.84 Å². The zero-order chi connectivity index (χ0) is 7.45. The van der Waals surface area contributed by atoms with Gasteiger partial charge in [-0.15, -0.1) is 0 Å². The van der Waals surface area contributed by atoms with Crippen LogP contribution in [0.15, 0.2) is 0 Å². The Kier molecular flexibility index (Phi) is 2.69. The van der Waals surface area contributed by atoms with Crippen LogP contribution in [0.2, 0.25) is 0 Å². The normalized spacial score (nSPS) is 33.0. The summed E-state index contributed by atoms with van der Waals surface area (Å²) in [7, 11) is 0. The van der Waals surface area contributed by atoms with Gasteiger partial charge in [-0.25, -0.2) is 0 Å². The van der Waals surface area contributed by atoms with Crippen molar-refractivity contribution >= 4 is 0 Å². The van der Waals surface area contributed by atoms with E-state index >= 15 is 0 Å². The van der Waals surface area contributed by atoms with Crippen LogP contribution in [0.4, 0.5) is 0 Å². The van der Waals surface area contributed by atoms with E-state index < -0.39 is 0 Å². The lowest BCUT2D eigenvalue weighted by Gasteiger charge is -2.22. The first-order valence-corrected chi connectivity index (χ1v) is 4.02. The summed E-state index contributed by atoms with van der Waals surface area (Å²) in [5, 5.41) is 8.59. The molecule has 1 saturated heterocycles. The highest BCUT2D eigenvalue weighted by Gasteiger charge is 2.28. The Morgan fingerprint density at radius 2 is 2.40 bits per heavy atom. The van der Waals surface area contributed by atoms with Crippen molar-refractivity contribution < 1.29 is 9.84 Å². The van der Waals surface area contributed by atoms with Crippen LogP contribution in [0.25, 0.3) is 0 Å². The van der Waals surface area contributed by atoms with Gasteiger partial charge in [-0.3, -0.25) is 0 Å². The van der Waals surface area contributed by atoms with Crippen molar-refractivity contribution in [1.29, 1.82) is 0 Å². The molecule has 1 fully saturated rings. The Morgan fingerprint density at radius 3 is 2.90 bits per heavy atom. The van der Waals surface area contributed by atoms with Gasteiger partial charge in [-0.05, 0) is 32.6 Å². The van der Waals surface area contributed by atoms with Gasteiger partial charge in [-0.1, -0.05) is 0 Å². The lowest BCUT2D eigenvalue weighted by atomic mass is 9.97. The maximum absolute atomic E-state index is 8.59. The smallest absolute Gasteiger partial charge is 0.0656 e. The highest BCUT2D eigenvalue weighted by molar-refractivity contribution is 4.79. The van der Waals surface area contributed by atoms with Gasteiger partial charge >= 0.3 is 0 Å². The molecule has 0 aromatic carbocycles. The number of aliphatic hydroxyl groups excluding tert-OH is 1. The van der Waals surface area contributed by atoms with E-state index in [0.717, 1.165) is 25.9 Å². The number of ether oxygens (including phenoxy) is 1. The second-order valence-corrected chi connectivity index (χ2v) is 3.23. The minimum Gasteiger partial charge on any atom is -0.396 e. The Hall–Kier alpha value is -0.0800. The Bertz CT molecular complexity index is 95.4. The molecule has 10 heavy (non-hydrogen) atoms. The quantitative estimate of drug-likeness (QED) is 0.647. The van der Waals surface area contributed by atoms with Crippen LogP contribution in [0, 0.1) is 0 Å². The van der Waals surface area contributed by atoms with Crippen LogP contribution in [0.1, 0.15) is 32.6 Å². The molecule has 0 amide bonds. The fourth-order valence-corrected chi connectivity index (χ4v) is 1.49. The molecule has 0 bridgehead atoms. The number of hydrogen-bond donors (Lipinski definition) is 1. The van der Waals surface area contributed by atoms with Gasteiger partial charge in [0.1, 0.15) is 0 Å². The zero-order valence-corrected chi connectivity index (χ0v) is 6.60. The topological polar surface area (TPSA) is 29.5 Å². The average Bonchev–Trinajstić information content (AvgIpc) is 2.33. The van der Waals surface area contributed by atoms with Crippen LogP contribution in [-0.2, 0) is 4.74 Å². The van der Waals surface area contributed by atoms with E-state index in [9.17, 15) is 0 Å². The van der Waals surface area contributed by atoms with Gasteiger partial charge in [0.25, 0.3) is 0 Å². The minimum absolute atomic E-state index is 0.0860. The third kappa shape index (κ3) is 1.96. The van der Waals surface area contributed by atoms with Crippen molar-refractivity contribution in [3.05, 3.63) is 0 Å². The summed E-state index contributed by atoms with van der Waals surface area (Å²) >= 11 is 0. The summed E-state index contributed by atoms with van der Waals surface area (Å²) in [6.45, 7) is 3.33. The van der Waals surface area contributed by atoms with Crippen molar-refractivity contribution in [3.63, 3.8) is 0 Å². The van der Waals surface area contributed by atoms with Gasteiger partial charge in [0.05, 0.1) is 5.60 Å². The van der Waals surface area contributed by atoms with E-state index in [1.807, 2.05) is 0 Å². The van der Waals surface area contributed by atoms with Crippen LogP contribution >= 0.6 is 0 Å². The molecule has 1 heterocycles. The largest absolute Gasteiger partial charge is 0.396 e. The molecule has 1 aliphatic rings. The van der Waals surface area contributed by atoms with E-state index in [0.29, 0.717) is 6.61 Å². The molecule has 2 heteroatoms. The van der Waals surface area contributed by atoms with Gasteiger partial charge in [-0.2, -0.15) is 0 Å². The summed E-state index contributed by atoms with van der Waals surface area (Å²) in [5.41, 5.74) is 0.0860. The Balaban J connectivity index is 2.22. The van der Waals surface area contributed by atoms with E-state index in [1.54, 1.807) is 0 Å². The van der Waals surface area contributed by atoms with Crippen LogP contribution in [0.3, 0.4) is 0 Å². The number of hydrogen-bond acceptors (Lipinski definition) is 2. The van der Waals surface area contributed by atoms with Crippen molar-refractivity contribution in [2.24, 2.45) is 0 Å². The van der Waals surface area contributed by atoms with E-state index in [-0.39, 0.29) is 5.60 Å². The molecule has 2 nitrogen and oxygen atoms in total. The fourth-order valence-electron chi connectivity index (χ4n) is 1.49. The first-order chi connectivity index (χ1) is 4.77. The first-order valence-electron chi connectivity index (χ1n) is 4.02. The SMILES string of the molecule is C[C@@]1(CCCO)CCCO1. The molecule has 1 atom stereocenters. The van der Waals surface area contributed by atoms with E-state index in [4.69, 9.17) is 9.84 Å². The van der Waals surface area contributed by atoms with Crippen LogP contribution < -0.4 is 0 Å². The molecule has 0 radical (unpaired) electrons. The Morgan fingerprint density at radius 1 is 1.60 bits per heavy atom.